The molecule has 0 saturated heterocycles. The van der Waals surface area contributed by atoms with E-state index in [1.807, 2.05) is 75.8 Å². The summed E-state index contributed by atoms with van der Waals surface area (Å²) in [4.78, 5) is 11.4. The number of hydrogen-bond donors (Lipinski definition) is 0. The monoisotopic (exact) mass is 412 g/mol. The summed E-state index contributed by atoms with van der Waals surface area (Å²) in [5, 5.41) is 1.03. The molecule has 1 aromatic rings. The molecule has 1 heterocycles. The minimum absolute atomic E-state index is 0.0497. The summed E-state index contributed by atoms with van der Waals surface area (Å²) in [5.74, 6) is 1.34. The van der Waals surface area contributed by atoms with Crippen LogP contribution in [-0.2, 0) is 0 Å². The normalized spacial score (nSPS) is 9.55. The third-order valence-corrected chi connectivity index (χ3v) is 3.53. The molecule has 1 aromatic carbocycles. The van der Waals surface area contributed by atoms with Crippen LogP contribution in [0.25, 0.3) is 22.3 Å². The van der Waals surface area contributed by atoms with Crippen molar-refractivity contribution < 1.29 is 7.48 Å². The highest BCUT2D eigenvalue weighted by Crippen LogP contribution is 2.33. The maximum Gasteiger partial charge on any atom is 0.192 e. The van der Waals surface area contributed by atoms with E-state index in [9.17, 15) is 4.79 Å². The summed E-state index contributed by atoms with van der Waals surface area (Å²) < 4.78 is 10.9. The Morgan fingerprint density at radius 2 is 1.68 bits per heavy atom. The molecule has 22 heavy (non-hydrogen) atoms. The molecule has 118 valence electrons. The van der Waals surface area contributed by atoms with Crippen molar-refractivity contribution in [1.82, 2.24) is 0 Å². The predicted octanol–water partition coefficient (Wildman–Crippen LogP) is 5.99. The summed E-state index contributed by atoms with van der Waals surface area (Å²) >= 11 is 1.83. The van der Waals surface area contributed by atoms with Gasteiger partial charge < -0.3 is 7.48 Å². The Morgan fingerprint density at radius 3 is 2.32 bits per heavy atom. The molecule has 0 radical (unpaired) electrons. The number of rotatable bonds is 1. The Labute approximate surface area is 145 Å². The Hall–Kier alpha value is -1.56. The van der Waals surface area contributed by atoms with Gasteiger partial charge in [-0.05, 0) is 36.8 Å². The van der Waals surface area contributed by atoms with Crippen molar-refractivity contribution in [3.05, 3.63) is 52.2 Å². The summed E-state index contributed by atoms with van der Waals surface area (Å²) in [6, 6.07) is 10.6. The van der Waals surface area contributed by atoms with Crippen LogP contribution in [0.15, 0.2) is 45.6 Å². The van der Waals surface area contributed by atoms with Gasteiger partial charge in [0.25, 0.3) is 0 Å². The lowest BCUT2D eigenvalue weighted by atomic mass is 10.0. The van der Waals surface area contributed by atoms with Gasteiger partial charge >= 0.3 is 0 Å². The Morgan fingerprint density at radius 1 is 1.00 bits per heavy atom. The Kier molecular flexibility index (Phi) is 7.38. The maximum atomic E-state index is 11.4. The second kappa shape index (κ2) is 8.78. The van der Waals surface area contributed by atoms with Crippen LogP contribution in [0.3, 0.4) is 0 Å². The highest BCUT2D eigenvalue weighted by molar-refractivity contribution is 14.1. The first-order valence-electron chi connectivity index (χ1n) is 7.45. The van der Waals surface area contributed by atoms with Crippen LogP contribution >= 0.6 is 23.0 Å². The molecule has 1 aliphatic carbocycles. The van der Waals surface area contributed by atoms with Crippen LogP contribution in [0.1, 0.15) is 33.3 Å². The van der Waals surface area contributed by atoms with E-state index in [1.54, 1.807) is 12.1 Å². The van der Waals surface area contributed by atoms with Gasteiger partial charge in [-0.15, -0.1) is 0 Å². The molecule has 0 unspecified atom stereocenters. The van der Waals surface area contributed by atoms with Gasteiger partial charge in [-0.25, -0.2) is 0 Å². The van der Waals surface area contributed by atoms with Crippen LogP contribution in [-0.4, -0.2) is 0 Å². The molecule has 3 nitrogen and oxygen atoms in total. The fraction of sp³-hybridized carbons (Fsp3) is 0.278. The molecule has 4 heteroatoms. The van der Waals surface area contributed by atoms with Gasteiger partial charge in [0.15, 0.2) is 28.4 Å². The number of benzene rings is 2. The van der Waals surface area contributed by atoms with Crippen LogP contribution in [0, 0.1) is 6.92 Å². The SMILES string of the molecule is CC.CC.Cc1c2ccc(=O)cc-2oc2cc(OI)ccc12. The largest absolute Gasteiger partial charge is 0.456 e. The van der Waals surface area contributed by atoms with E-state index < -0.39 is 0 Å². The zero-order chi connectivity index (χ0) is 16.7. The molecule has 0 amide bonds. The summed E-state index contributed by atoms with van der Waals surface area (Å²) in [7, 11) is 0. The van der Waals surface area contributed by atoms with E-state index in [-0.39, 0.29) is 5.43 Å². The van der Waals surface area contributed by atoms with E-state index in [1.165, 1.54) is 6.07 Å². The van der Waals surface area contributed by atoms with Gasteiger partial charge in [0.2, 0.25) is 0 Å². The van der Waals surface area contributed by atoms with Crippen molar-refractivity contribution in [3.63, 3.8) is 0 Å². The van der Waals surface area contributed by atoms with E-state index in [0.29, 0.717) is 5.76 Å². The van der Waals surface area contributed by atoms with E-state index in [4.69, 9.17) is 7.48 Å². The third-order valence-electron chi connectivity index (χ3n) is 3.02. The first-order chi connectivity index (χ1) is 10.7. The van der Waals surface area contributed by atoms with Crippen LogP contribution in [0.5, 0.6) is 5.75 Å². The smallest absolute Gasteiger partial charge is 0.192 e. The minimum atomic E-state index is -0.0497. The number of fused-ring (bicyclic) bond motifs is 2. The van der Waals surface area contributed by atoms with Gasteiger partial charge in [-0.3, -0.25) is 4.79 Å². The third kappa shape index (κ3) is 3.80. The first kappa shape index (κ1) is 18.5. The van der Waals surface area contributed by atoms with Crippen molar-refractivity contribution in [3.8, 4) is 17.1 Å². The molecule has 1 aliphatic heterocycles. The number of aryl methyl sites for hydroxylation is 1. The molecule has 0 bridgehead atoms. The lowest BCUT2D eigenvalue weighted by Gasteiger charge is -2.11. The van der Waals surface area contributed by atoms with Crippen LogP contribution in [0.2, 0.25) is 0 Å². The molecule has 0 aromatic heterocycles. The van der Waals surface area contributed by atoms with Gasteiger partial charge in [-0.1, -0.05) is 27.7 Å². The highest BCUT2D eigenvalue weighted by Gasteiger charge is 2.12. The number of hydrogen-bond acceptors (Lipinski definition) is 3. The van der Waals surface area contributed by atoms with Crippen molar-refractivity contribution in [1.29, 1.82) is 0 Å². The first-order valence-corrected chi connectivity index (χ1v) is 8.33. The zero-order valence-corrected chi connectivity index (χ0v) is 15.7. The van der Waals surface area contributed by atoms with Crippen molar-refractivity contribution in [2.45, 2.75) is 34.6 Å². The highest BCUT2D eigenvalue weighted by atomic mass is 127. The van der Waals surface area contributed by atoms with Crippen molar-refractivity contribution >= 4 is 34.0 Å². The molecule has 0 saturated carbocycles. The quantitative estimate of drug-likeness (QED) is 0.364. The fourth-order valence-electron chi connectivity index (χ4n) is 2.11. The van der Waals surface area contributed by atoms with E-state index in [2.05, 4.69) is 0 Å². The van der Waals surface area contributed by atoms with E-state index in [0.717, 1.165) is 27.8 Å². The predicted molar refractivity (Wildman–Crippen MR) is 101 cm³/mol. The second-order valence-electron chi connectivity index (χ2n) is 4.12. The van der Waals surface area contributed by atoms with Crippen LogP contribution in [0.4, 0.5) is 0 Å². The molecule has 3 rings (SSSR count). The standard InChI is InChI=1S/C14H9IO3.2C2H6/c1-8-11-4-2-9(16)6-13(11)17-14-7-10(18-15)3-5-12(8)14;2*1-2/h2-7H,1H3;2*1-2H3. The van der Waals surface area contributed by atoms with E-state index >= 15 is 0 Å². The molecule has 0 N–H and O–H groups in total. The Balaban J connectivity index is 0.000000561. The lowest BCUT2D eigenvalue weighted by Crippen LogP contribution is -1.99. The maximum absolute atomic E-state index is 11.4. The van der Waals surface area contributed by atoms with Gasteiger partial charge in [0, 0.05) is 23.1 Å². The van der Waals surface area contributed by atoms with Gasteiger partial charge in [0.1, 0.15) is 17.1 Å². The zero-order valence-electron chi connectivity index (χ0n) is 13.6. The fourth-order valence-corrected chi connectivity index (χ4v) is 2.38. The van der Waals surface area contributed by atoms with Gasteiger partial charge in [-0.2, -0.15) is 0 Å². The second-order valence-corrected chi connectivity index (χ2v) is 4.56. The van der Waals surface area contributed by atoms with Crippen molar-refractivity contribution in [2.24, 2.45) is 0 Å². The van der Waals surface area contributed by atoms with Gasteiger partial charge in [0.05, 0.1) is 0 Å². The van der Waals surface area contributed by atoms with Crippen LogP contribution < -0.4 is 8.50 Å². The molecule has 0 fully saturated rings. The summed E-state index contributed by atoms with van der Waals surface area (Å²) in [5.41, 5.74) is 2.74. The summed E-state index contributed by atoms with van der Waals surface area (Å²) in [6.07, 6.45) is 0. The molecular weight excluding hydrogens is 391 g/mol. The minimum Gasteiger partial charge on any atom is -0.456 e. The average molecular weight is 412 g/mol. The molecular formula is C18H21IO3. The lowest BCUT2D eigenvalue weighted by molar-refractivity contribution is 0.614. The average Bonchev–Trinajstić information content (AvgIpc) is 2.58. The van der Waals surface area contributed by atoms with Crippen molar-refractivity contribution in [2.75, 3.05) is 0 Å². The molecule has 0 spiro atoms. The Bertz CT molecular complexity index is 762. The summed E-state index contributed by atoms with van der Waals surface area (Å²) in [6.45, 7) is 10.0. The molecule has 2 aliphatic rings. The molecule has 0 atom stereocenters. The topological polar surface area (TPSA) is 39.4 Å². The number of halogens is 1.